The van der Waals surface area contributed by atoms with Crippen molar-refractivity contribution in [2.45, 2.75) is 37.9 Å². The van der Waals surface area contributed by atoms with E-state index in [-0.39, 0.29) is 17.3 Å². The summed E-state index contributed by atoms with van der Waals surface area (Å²) >= 11 is 5.81. The van der Waals surface area contributed by atoms with E-state index in [0.29, 0.717) is 10.6 Å². The number of alkyl halides is 3. The van der Waals surface area contributed by atoms with Crippen LogP contribution in [0.2, 0.25) is 5.02 Å². The fraction of sp³-hybridized carbons (Fsp3) is 0.353. The van der Waals surface area contributed by atoms with Crippen molar-refractivity contribution in [3.05, 3.63) is 46.6 Å². The molecule has 1 aromatic heterocycles. The van der Waals surface area contributed by atoms with Crippen molar-refractivity contribution in [2.24, 2.45) is 4.99 Å². The number of nitrogens with zero attached hydrogens (tertiary/aromatic N) is 2. The van der Waals surface area contributed by atoms with E-state index in [1.807, 2.05) is 12.0 Å². The van der Waals surface area contributed by atoms with Gasteiger partial charge in [-0.15, -0.1) is 0 Å². The Bertz CT molecular complexity index is 856. The van der Waals surface area contributed by atoms with Crippen LogP contribution < -0.4 is 10.6 Å². The van der Waals surface area contributed by atoms with Crippen LogP contribution in [0.1, 0.15) is 42.2 Å². The molecule has 0 aliphatic heterocycles. The van der Waals surface area contributed by atoms with E-state index >= 15 is 0 Å². The first-order valence-electron chi connectivity index (χ1n) is 8.21. The number of carbonyl (C=O) groups is 1. The molecule has 6 nitrogen and oxygen atoms in total. The molecule has 1 aliphatic rings. The monoisotopic (exact) mass is 399 g/mol. The zero-order valence-corrected chi connectivity index (χ0v) is 15.1. The number of halogens is 4. The van der Waals surface area contributed by atoms with Gasteiger partial charge in [0.25, 0.3) is 5.91 Å². The Morgan fingerprint density at radius 3 is 2.48 bits per heavy atom. The number of guanidine groups is 1. The Kier molecular flexibility index (Phi) is 5.14. The average Bonchev–Trinajstić information content (AvgIpc) is 3.02. The second-order valence-corrected chi connectivity index (χ2v) is 7.00. The van der Waals surface area contributed by atoms with Gasteiger partial charge in [-0.1, -0.05) is 11.6 Å². The maximum absolute atomic E-state index is 12.7. The van der Waals surface area contributed by atoms with Crippen LogP contribution in [0.4, 0.5) is 19.0 Å². The van der Waals surface area contributed by atoms with Crippen LogP contribution in [0.3, 0.4) is 0 Å². The Morgan fingerprint density at radius 2 is 1.96 bits per heavy atom. The largest absolute Gasteiger partial charge is 0.432 e. The highest BCUT2D eigenvalue weighted by Gasteiger charge is 2.34. The van der Waals surface area contributed by atoms with Gasteiger partial charge in [0.2, 0.25) is 5.96 Å². The number of H-pyrrole nitrogens is 1. The molecule has 0 atom stereocenters. The molecule has 10 heteroatoms. The van der Waals surface area contributed by atoms with Gasteiger partial charge in [-0.25, -0.2) is 4.99 Å². The zero-order chi connectivity index (χ0) is 19.7. The average molecular weight is 400 g/mol. The minimum Gasteiger partial charge on any atom is -0.309 e. The van der Waals surface area contributed by atoms with E-state index in [4.69, 9.17) is 11.6 Å². The van der Waals surface area contributed by atoms with Crippen molar-refractivity contribution in [1.82, 2.24) is 15.5 Å². The molecule has 0 saturated heterocycles. The molecule has 3 N–H and O–H groups in total. The van der Waals surface area contributed by atoms with Gasteiger partial charge in [0.05, 0.1) is 5.54 Å². The van der Waals surface area contributed by atoms with Gasteiger partial charge in [0, 0.05) is 16.7 Å². The molecule has 3 rings (SSSR count). The molecule has 0 bridgehead atoms. The Morgan fingerprint density at radius 1 is 1.30 bits per heavy atom. The molecule has 0 spiro atoms. The smallest absolute Gasteiger partial charge is 0.309 e. The van der Waals surface area contributed by atoms with Gasteiger partial charge >= 0.3 is 6.18 Å². The van der Waals surface area contributed by atoms with Crippen LogP contribution in [0.5, 0.6) is 0 Å². The lowest BCUT2D eigenvalue weighted by Crippen LogP contribution is -2.41. The molecule has 1 aromatic carbocycles. The van der Waals surface area contributed by atoms with Gasteiger partial charge in [-0.05, 0) is 50.5 Å². The van der Waals surface area contributed by atoms with Gasteiger partial charge in [-0.2, -0.15) is 18.3 Å². The lowest BCUT2D eigenvalue weighted by molar-refractivity contribution is -0.141. The number of nitrogens with one attached hydrogen (secondary N) is 3. The fourth-order valence-corrected chi connectivity index (χ4v) is 2.72. The lowest BCUT2D eigenvalue weighted by Gasteiger charge is -2.34. The summed E-state index contributed by atoms with van der Waals surface area (Å²) in [6.07, 6.45) is -1.90. The first kappa shape index (κ1) is 19.2. The molecule has 0 radical (unpaired) electrons. The van der Waals surface area contributed by atoms with Crippen molar-refractivity contribution in [3.8, 4) is 0 Å². The van der Waals surface area contributed by atoms with E-state index in [2.05, 4.69) is 20.7 Å². The standard InChI is InChI=1S/C17H17ClF3N5O/c1-16(7-2-8-16)24-15(22-13-9-12(25-26-13)17(19,20)21)23-14(27)10-3-5-11(18)6-4-10/h3-6,9H,2,7-8H2,1H3,(H3,22,23,24,25,26,27). The first-order valence-corrected chi connectivity index (χ1v) is 8.59. The van der Waals surface area contributed by atoms with Gasteiger partial charge < -0.3 is 5.32 Å². The third-order valence-electron chi connectivity index (χ3n) is 4.28. The predicted molar refractivity (Wildman–Crippen MR) is 95.8 cm³/mol. The quantitative estimate of drug-likeness (QED) is 0.533. The summed E-state index contributed by atoms with van der Waals surface area (Å²) in [5.74, 6) is -0.523. The van der Waals surface area contributed by atoms with Crippen LogP contribution in [0, 0.1) is 0 Å². The number of aromatic amines is 1. The molecule has 144 valence electrons. The third kappa shape index (κ3) is 4.79. The molecule has 1 fully saturated rings. The maximum atomic E-state index is 12.7. The zero-order valence-electron chi connectivity index (χ0n) is 14.3. The van der Waals surface area contributed by atoms with Gasteiger partial charge in [0.15, 0.2) is 5.82 Å². The molecule has 1 heterocycles. The fourth-order valence-electron chi connectivity index (χ4n) is 2.59. The summed E-state index contributed by atoms with van der Waals surface area (Å²) < 4.78 is 38.2. The van der Waals surface area contributed by atoms with Crippen molar-refractivity contribution in [1.29, 1.82) is 0 Å². The van der Waals surface area contributed by atoms with E-state index in [9.17, 15) is 18.0 Å². The summed E-state index contributed by atoms with van der Waals surface area (Å²) in [7, 11) is 0. The molecule has 2 aromatic rings. The minimum absolute atomic E-state index is 0.0392. The SMILES string of the molecule is CC1(N=C(NC(=O)c2ccc(Cl)cc2)Nc2cc(C(F)(F)F)[nH]n2)CCC1. The molecule has 1 amide bonds. The molecule has 27 heavy (non-hydrogen) atoms. The molecule has 1 saturated carbocycles. The number of anilines is 1. The van der Waals surface area contributed by atoms with Crippen molar-refractivity contribution < 1.29 is 18.0 Å². The molecule has 0 unspecified atom stereocenters. The van der Waals surface area contributed by atoms with Crippen molar-refractivity contribution >= 4 is 29.3 Å². The summed E-state index contributed by atoms with van der Waals surface area (Å²) in [4.78, 5) is 16.9. The topological polar surface area (TPSA) is 82.2 Å². The van der Waals surface area contributed by atoms with Crippen LogP contribution in [-0.4, -0.2) is 27.6 Å². The number of hydrogen-bond donors (Lipinski definition) is 3. The highest BCUT2D eigenvalue weighted by Crippen LogP contribution is 2.35. The first-order chi connectivity index (χ1) is 12.6. The Hall–Kier alpha value is -2.55. The second-order valence-electron chi connectivity index (χ2n) is 6.56. The maximum Gasteiger partial charge on any atom is 0.432 e. The van der Waals surface area contributed by atoms with Gasteiger partial charge in [-0.3, -0.25) is 15.2 Å². The summed E-state index contributed by atoms with van der Waals surface area (Å²) in [6, 6.07) is 7.02. The van der Waals surface area contributed by atoms with E-state index in [1.165, 1.54) is 12.1 Å². The second kappa shape index (κ2) is 7.22. The number of carbonyl (C=O) groups excluding carboxylic acids is 1. The van der Waals surface area contributed by atoms with Crippen LogP contribution >= 0.6 is 11.6 Å². The van der Waals surface area contributed by atoms with Crippen molar-refractivity contribution in [2.75, 3.05) is 5.32 Å². The Balaban J connectivity index is 1.80. The van der Waals surface area contributed by atoms with Crippen LogP contribution in [0.15, 0.2) is 35.3 Å². The number of aliphatic imine (C=N–C) groups is 1. The number of hydrogen-bond acceptors (Lipinski definition) is 3. The van der Waals surface area contributed by atoms with Crippen LogP contribution in [-0.2, 0) is 6.18 Å². The molecule has 1 aliphatic carbocycles. The van der Waals surface area contributed by atoms with E-state index in [1.54, 1.807) is 12.1 Å². The number of amides is 1. The highest BCUT2D eigenvalue weighted by atomic mass is 35.5. The predicted octanol–water partition coefficient (Wildman–Crippen LogP) is 4.22. The highest BCUT2D eigenvalue weighted by molar-refractivity contribution is 6.30. The normalized spacial score (nSPS) is 16.6. The summed E-state index contributed by atoms with van der Waals surface area (Å²) in [6.45, 7) is 1.91. The van der Waals surface area contributed by atoms with Gasteiger partial charge in [0.1, 0.15) is 5.69 Å². The lowest BCUT2D eigenvalue weighted by atomic mass is 9.79. The summed E-state index contributed by atoms with van der Waals surface area (Å²) in [5.41, 5.74) is -1.03. The Labute approximate surface area is 158 Å². The van der Waals surface area contributed by atoms with E-state index in [0.717, 1.165) is 25.3 Å². The van der Waals surface area contributed by atoms with Crippen LogP contribution in [0.25, 0.3) is 0 Å². The van der Waals surface area contributed by atoms with Crippen molar-refractivity contribution in [3.63, 3.8) is 0 Å². The summed E-state index contributed by atoms with van der Waals surface area (Å²) in [5, 5.41) is 11.2. The van der Waals surface area contributed by atoms with E-state index < -0.39 is 17.8 Å². The number of rotatable bonds is 3. The number of benzene rings is 1. The molecular weight excluding hydrogens is 383 g/mol. The number of aromatic nitrogens is 2. The molecular formula is C17H17ClF3N5O. The minimum atomic E-state index is -4.54. The third-order valence-corrected chi connectivity index (χ3v) is 4.53.